The van der Waals surface area contributed by atoms with E-state index in [-0.39, 0.29) is 18.8 Å². The Kier molecular flexibility index (Phi) is 7.62. The van der Waals surface area contributed by atoms with Crippen molar-refractivity contribution in [3.63, 3.8) is 0 Å². The number of likely N-dealkylation sites (tertiary alicyclic amines) is 1. The van der Waals surface area contributed by atoms with Gasteiger partial charge in [-0.3, -0.25) is 4.90 Å². The first kappa shape index (κ1) is 19.8. The molecule has 1 saturated heterocycles. The number of aliphatic hydroxyl groups excluding tert-OH is 2. The first-order chi connectivity index (χ1) is 13.3. The standard InChI is InChI=1S/C20H31N5O2/c26-14-19-13-20(27)9-12-24(19)11-4-2-1-3-10-22-17-5-7-18(8-6-17)25-16-21-15-23-25/h5-8,15-16,19-20,22,26-27H,1-4,9-14H2/t19-,20+/m0/s1. The molecule has 3 N–H and O–H groups in total. The normalized spacial score (nSPS) is 20.7. The van der Waals surface area contributed by atoms with Gasteiger partial charge < -0.3 is 15.5 Å². The van der Waals surface area contributed by atoms with E-state index >= 15 is 0 Å². The van der Waals surface area contributed by atoms with Crippen molar-refractivity contribution in [2.24, 2.45) is 0 Å². The van der Waals surface area contributed by atoms with Gasteiger partial charge in [0.05, 0.1) is 18.4 Å². The summed E-state index contributed by atoms with van der Waals surface area (Å²) in [5.41, 5.74) is 2.13. The third-order valence-electron chi connectivity index (χ3n) is 5.27. The molecule has 2 atom stereocenters. The molecule has 0 aliphatic carbocycles. The molecule has 1 aliphatic rings. The van der Waals surface area contributed by atoms with Crippen molar-refractivity contribution < 1.29 is 10.2 Å². The Balaban J connectivity index is 1.26. The molecule has 0 saturated carbocycles. The van der Waals surface area contributed by atoms with Gasteiger partial charge in [0.2, 0.25) is 0 Å². The Morgan fingerprint density at radius 3 is 2.67 bits per heavy atom. The Bertz CT molecular complexity index is 647. The lowest BCUT2D eigenvalue weighted by Crippen LogP contribution is -2.46. The molecule has 7 heteroatoms. The van der Waals surface area contributed by atoms with Crippen LogP contribution < -0.4 is 5.32 Å². The third-order valence-corrected chi connectivity index (χ3v) is 5.27. The minimum Gasteiger partial charge on any atom is -0.395 e. The van der Waals surface area contributed by atoms with Crippen molar-refractivity contribution >= 4 is 5.69 Å². The predicted molar refractivity (Wildman–Crippen MR) is 106 cm³/mol. The van der Waals surface area contributed by atoms with Crippen molar-refractivity contribution in [1.82, 2.24) is 19.7 Å². The zero-order valence-electron chi connectivity index (χ0n) is 15.9. The summed E-state index contributed by atoms with van der Waals surface area (Å²) in [5.74, 6) is 0. The molecule has 2 heterocycles. The second-order valence-corrected chi connectivity index (χ2v) is 7.28. The van der Waals surface area contributed by atoms with Crippen LogP contribution in [0, 0.1) is 0 Å². The second kappa shape index (κ2) is 10.4. The summed E-state index contributed by atoms with van der Waals surface area (Å²) in [7, 11) is 0. The number of aliphatic hydroxyl groups is 2. The lowest BCUT2D eigenvalue weighted by atomic mass is 9.99. The summed E-state index contributed by atoms with van der Waals surface area (Å²) in [4.78, 5) is 6.29. The van der Waals surface area contributed by atoms with Crippen LogP contribution in [0.3, 0.4) is 0 Å². The fraction of sp³-hybridized carbons (Fsp3) is 0.600. The van der Waals surface area contributed by atoms with Crippen molar-refractivity contribution in [1.29, 1.82) is 0 Å². The fourth-order valence-electron chi connectivity index (χ4n) is 3.66. The number of hydrogen-bond acceptors (Lipinski definition) is 6. The van der Waals surface area contributed by atoms with Crippen LogP contribution in [0.4, 0.5) is 5.69 Å². The Morgan fingerprint density at radius 1 is 1.11 bits per heavy atom. The third kappa shape index (κ3) is 6.02. The fourth-order valence-corrected chi connectivity index (χ4v) is 3.66. The van der Waals surface area contributed by atoms with Crippen LogP contribution in [0.15, 0.2) is 36.9 Å². The van der Waals surface area contributed by atoms with Gasteiger partial charge in [-0.05, 0) is 56.5 Å². The number of nitrogens with one attached hydrogen (secondary N) is 1. The first-order valence-corrected chi connectivity index (χ1v) is 9.98. The van der Waals surface area contributed by atoms with E-state index < -0.39 is 0 Å². The molecule has 2 aromatic rings. The van der Waals surface area contributed by atoms with E-state index in [4.69, 9.17) is 0 Å². The van der Waals surface area contributed by atoms with Crippen LogP contribution in [0.2, 0.25) is 0 Å². The quantitative estimate of drug-likeness (QED) is 0.553. The Labute approximate surface area is 161 Å². The smallest absolute Gasteiger partial charge is 0.138 e. The highest BCUT2D eigenvalue weighted by Crippen LogP contribution is 2.18. The molecule has 1 aromatic carbocycles. The molecular weight excluding hydrogens is 342 g/mol. The van der Waals surface area contributed by atoms with Crippen molar-refractivity contribution in [3.8, 4) is 5.69 Å². The van der Waals surface area contributed by atoms with Crippen molar-refractivity contribution in [3.05, 3.63) is 36.9 Å². The summed E-state index contributed by atoms with van der Waals surface area (Å²) in [6.07, 6.45) is 9.21. The molecule has 1 fully saturated rings. The second-order valence-electron chi connectivity index (χ2n) is 7.28. The van der Waals surface area contributed by atoms with Gasteiger partial charge in [-0.2, -0.15) is 5.10 Å². The average molecular weight is 374 g/mol. The molecule has 3 rings (SSSR count). The molecule has 27 heavy (non-hydrogen) atoms. The van der Waals surface area contributed by atoms with Gasteiger partial charge in [0.1, 0.15) is 12.7 Å². The summed E-state index contributed by atoms with van der Waals surface area (Å²) >= 11 is 0. The van der Waals surface area contributed by atoms with Gasteiger partial charge in [-0.25, -0.2) is 9.67 Å². The summed E-state index contributed by atoms with van der Waals surface area (Å²) in [6.45, 7) is 3.04. The van der Waals surface area contributed by atoms with E-state index in [2.05, 4.69) is 32.4 Å². The van der Waals surface area contributed by atoms with Gasteiger partial charge in [-0.15, -0.1) is 0 Å². The van der Waals surface area contributed by atoms with Crippen LogP contribution in [-0.4, -0.2) is 68.3 Å². The molecule has 0 bridgehead atoms. The number of nitrogens with zero attached hydrogens (tertiary/aromatic N) is 4. The number of hydrogen-bond donors (Lipinski definition) is 3. The van der Waals surface area contributed by atoms with E-state index in [1.54, 1.807) is 11.0 Å². The zero-order chi connectivity index (χ0) is 18.9. The van der Waals surface area contributed by atoms with Gasteiger partial charge in [0.25, 0.3) is 0 Å². The first-order valence-electron chi connectivity index (χ1n) is 9.98. The predicted octanol–water partition coefficient (Wildman–Crippen LogP) is 2.06. The molecule has 7 nitrogen and oxygen atoms in total. The monoisotopic (exact) mass is 373 g/mol. The molecule has 1 aliphatic heterocycles. The minimum absolute atomic E-state index is 0.135. The highest BCUT2D eigenvalue weighted by atomic mass is 16.3. The Hall–Kier alpha value is -1.96. The maximum absolute atomic E-state index is 9.70. The molecule has 0 unspecified atom stereocenters. The number of benzene rings is 1. The van der Waals surface area contributed by atoms with Gasteiger partial charge in [-0.1, -0.05) is 12.8 Å². The number of unbranched alkanes of at least 4 members (excludes halogenated alkanes) is 3. The lowest BCUT2D eigenvalue weighted by Gasteiger charge is -2.36. The topological polar surface area (TPSA) is 86.4 Å². The minimum atomic E-state index is -0.241. The number of anilines is 1. The van der Waals surface area contributed by atoms with Crippen LogP contribution in [0.1, 0.15) is 38.5 Å². The highest BCUT2D eigenvalue weighted by Gasteiger charge is 2.25. The van der Waals surface area contributed by atoms with Gasteiger partial charge in [0, 0.05) is 24.8 Å². The van der Waals surface area contributed by atoms with E-state index in [0.717, 1.165) is 50.3 Å². The molecule has 148 valence electrons. The van der Waals surface area contributed by atoms with Gasteiger partial charge in [0.15, 0.2) is 0 Å². The number of aromatic nitrogens is 3. The summed E-state index contributed by atoms with van der Waals surface area (Å²) < 4.78 is 1.74. The van der Waals surface area contributed by atoms with E-state index in [1.807, 2.05) is 12.1 Å². The van der Waals surface area contributed by atoms with Gasteiger partial charge >= 0.3 is 0 Å². The molecule has 0 radical (unpaired) electrons. The lowest BCUT2D eigenvalue weighted by molar-refractivity contribution is 0.0163. The van der Waals surface area contributed by atoms with Crippen molar-refractivity contribution in [2.75, 3.05) is 31.6 Å². The summed E-state index contributed by atoms with van der Waals surface area (Å²) in [5, 5.41) is 26.7. The van der Waals surface area contributed by atoms with Crippen LogP contribution in [0.5, 0.6) is 0 Å². The number of rotatable bonds is 10. The largest absolute Gasteiger partial charge is 0.395 e. The van der Waals surface area contributed by atoms with E-state index in [0.29, 0.717) is 6.42 Å². The van der Waals surface area contributed by atoms with Crippen LogP contribution >= 0.6 is 0 Å². The SMILES string of the molecule is OC[C@@H]1C[C@H](O)CCN1CCCCCCNc1ccc(-n2cncn2)cc1. The average Bonchev–Trinajstić information content (AvgIpc) is 3.23. The van der Waals surface area contributed by atoms with E-state index in [1.165, 1.54) is 19.2 Å². The van der Waals surface area contributed by atoms with Crippen LogP contribution in [-0.2, 0) is 0 Å². The maximum atomic E-state index is 9.70. The van der Waals surface area contributed by atoms with Crippen LogP contribution in [0.25, 0.3) is 5.69 Å². The Morgan fingerprint density at radius 2 is 1.93 bits per heavy atom. The molecule has 0 spiro atoms. The molecular formula is C20H31N5O2. The maximum Gasteiger partial charge on any atom is 0.138 e. The highest BCUT2D eigenvalue weighted by molar-refractivity contribution is 5.48. The van der Waals surface area contributed by atoms with Crippen molar-refractivity contribution in [2.45, 2.75) is 50.7 Å². The number of piperidine rings is 1. The molecule has 0 amide bonds. The zero-order valence-corrected chi connectivity index (χ0v) is 15.9. The van der Waals surface area contributed by atoms with E-state index in [9.17, 15) is 10.2 Å². The molecule has 1 aromatic heterocycles. The summed E-state index contributed by atoms with van der Waals surface area (Å²) in [6, 6.07) is 8.33.